The maximum absolute atomic E-state index is 12.4. The van der Waals surface area contributed by atoms with E-state index in [9.17, 15) is 26.4 Å². The van der Waals surface area contributed by atoms with Crippen molar-refractivity contribution in [3.8, 4) is 0 Å². The molecule has 1 amide bonds. The lowest BCUT2D eigenvalue weighted by Gasteiger charge is -2.07. The quantitative estimate of drug-likeness (QED) is 0.801. The molecule has 0 aliphatic rings. The van der Waals surface area contributed by atoms with Gasteiger partial charge in [0.2, 0.25) is 5.91 Å². The van der Waals surface area contributed by atoms with Crippen LogP contribution < -0.4 is 5.32 Å². The molecule has 0 bridgehead atoms. The van der Waals surface area contributed by atoms with Gasteiger partial charge in [-0.1, -0.05) is 18.2 Å². The van der Waals surface area contributed by atoms with Gasteiger partial charge in [-0.05, 0) is 18.2 Å². The number of benzene rings is 1. The van der Waals surface area contributed by atoms with E-state index >= 15 is 0 Å². The van der Waals surface area contributed by atoms with Gasteiger partial charge in [-0.2, -0.15) is 18.3 Å². The van der Waals surface area contributed by atoms with Gasteiger partial charge < -0.3 is 5.32 Å². The molecule has 1 N–H and O–H groups in total. The van der Waals surface area contributed by atoms with E-state index in [1.54, 1.807) is 18.2 Å². The lowest BCUT2D eigenvalue weighted by atomic mass is 10.4. The Hall–Kier alpha value is -2.36. The summed E-state index contributed by atoms with van der Waals surface area (Å²) in [5.41, 5.74) is -1.01. The predicted molar refractivity (Wildman–Crippen MR) is 83.4 cm³/mol. The number of alkyl halides is 3. The third-order valence-corrected chi connectivity index (χ3v) is 5.03. The summed E-state index contributed by atoms with van der Waals surface area (Å²) in [7, 11) is -3.55. The average molecular weight is 375 g/mol. The van der Waals surface area contributed by atoms with E-state index in [1.165, 1.54) is 12.1 Å². The normalized spacial score (nSPS) is 12.1. The van der Waals surface area contributed by atoms with Crippen molar-refractivity contribution in [1.82, 2.24) is 15.1 Å². The number of hydrogen-bond acceptors (Lipinski definition) is 4. The Kier molecular flexibility index (Phi) is 5.83. The molecule has 10 heteroatoms. The van der Waals surface area contributed by atoms with Crippen molar-refractivity contribution >= 4 is 15.7 Å². The summed E-state index contributed by atoms with van der Waals surface area (Å²) in [6.07, 6.45) is -3.58. The Morgan fingerprint density at radius 3 is 2.44 bits per heavy atom. The Balaban J connectivity index is 1.77. The smallest absolute Gasteiger partial charge is 0.354 e. The molecule has 0 fully saturated rings. The maximum atomic E-state index is 12.4. The lowest BCUT2D eigenvalue weighted by Crippen LogP contribution is -2.29. The Morgan fingerprint density at radius 2 is 1.84 bits per heavy atom. The molecule has 1 aromatic heterocycles. The first-order valence-corrected chi connectivity index (χ1v) is 8.99. The number of aromatic nitrogens is 2. The van der Waals surface area contributed by atoms with Crippen LogP contribution in [0.1, 0.15) is 12.1 Å². The fraction of sp³-hybridized carbons (Fsp3) is 0.333. The van der Waals surface area contributed by atoms with Gasteiger partial charge in [0.05, 0.1) is 17.2 Å². The van der Waals surface area contributed by atoms with Crippen molar-refractivity contribution in [1.29, 1.82) is 0 Å². The van der Waals surface area contributed by atoms with Crippen molar-refractivity contribution < 1.29 is 26.4 Å². The molecule has 0 saturated carbocycles. The topological polar surface area (TPSA) is 81.1 Å². The predicted octanol–water partition coefficient (Wildman–Crippen LogP) is 1.88. The molecule has 0 saturated heterocycles. The van der Waals surface area contributed by atoms with Crippen LogP contribution in [-0.4, -0.2) is 36.4 Å². The Bertz CT molecular complexity index is 817. The minimum absolute atomic E-state index is 0.0448. The zero-order chi connectivity index (χ0) is 18.5. The number of nitrogens with one attached hydrogen (secondary N) is 1. The van der Waals surface area contributed by atoms with Crippen LogP contribution in [0.2, 0.25) is 0 Å². The van der Waals surface area contributed by atoms with Gasteiger partial charge in [0.1, 0.15) is 0 Å². The number of hydrogen-bond donors (Lipinski definition) is 1. The summed E-state index contributed by atoms with van der Waals surface area (Å²) in [6.45, 7) is 0.0937. The molecule has 1 heterocycles. The summed E-state index contributed by atoms with van der Waals surface area (Å²) >= 11 is 0. The fourth-order valence-corrected chi connectivity index (χ4v) is 3.27. The molecular formula is C15H16F3N3O3S. The second-order valence-corrected chi connectivity index (χ2v) is 7.30. The summed E-state index contributed by atoms with van der Waals surface area (Å²) in [4.78, 5) is 11.8. The van der Waals surface area contributed by atoms with E-state index in [-0.39, 0.29) is 30.2 Å². The van der Waals surface area contributed by atoms with Crippen molar-refractivity contribution in [2.75, 3.05) is 12.3 Å². The van der Waals surface area contributed by atoms with Gasteiger partial charge in [-0.25, -0.2) is 8.42 Å². The van der Waals surface area contributed by atoms with Crippen molar-refractivity contribution in [3.05, 3.63) is 48.3 Å². The van der Waals surface area contributed by atoms with Crippen LogP contribution in [0.5, 0.6) is 0 Å². The Morgan fingerprint density at radius 1 is 1.16 bits per heavy atom. The standard InChI is InChI=1S/C15H16F3N3O3S/c16-15(17,18)13-6-9-21(20-13)10-8-19-14(22)7-11-25(23,24)12-4-2-1-3-5-12/h1-6,9H,7-8,10-11H2,(H,19,22). The molecule has 0 spiro atoms. The molecule has 0 radical (unpaired) electrons. The monoisotopic (exact) mass is 375 g/mol. The minimum Gasteiger partial charge on any atom is -0.354 e. The lowest BCUT2D eigenvalue weighted by molar-refractivity contribution is -0.141. The van der Waals surface area contributed by atoms with Gasteiger partial charge in [0.25, 0.3) is 0 Å². The highest BCUT2D eigenvalue weighted by atomic mass is 32.2. The van der Waals surface area contributed by atoms with Crippen LogP contribution in [-0.2, 0) is 27.4 Å². The molecule has 2 aromatic rings. The highest BCUT2D eigenvalue weighted by Crippen LogP contribution is 2.27. The molecule has 0 aliphatic carbocycles. The summed E-state index contributed by atoms with van der Waals surface area (Å²) in [5.74, 6) is -0.842. The van der Waals surface area contributed by atoms with Crippen LogP contribution in [0.3, 0.4) is 0 Å². The van der Waals surface area contributed by atoms with Crippen LogP contribution >= 0.6 is 0 Å². The SMILES string of the molecule is O=C(CCS(=O)(=O)c1ccccc1)NCCn1ccc(C(F)(F)F)n1. The number of sulfone groups is 1. The maximum Gasteiger partial charge on any atom is 0.435 e. The number of halogens is 3. The number of carbonyl (C=O) groups excluding carboxylic acids is 1. The summed E-state index contributed by atoms with van der Waals surface area (Å²) in [5, 5.41) is 5.81. The fourth-order valence-electron chi connectivity index (χ4n) is 2.01. The third kappa shape index (κ3) is 5.59. The second kappa shape index (κ2) is 7.68. The second-order valence-electron chi connectivity index (χ2n) is 5.19. The van der Waals surface area contributed by atoms with Gasteiger partial charge in [-0.15, -0.1) is 0 Å². The number of amides is 1. The van der Waals surface area contributed by atoms with Crippen LogP contribution in [0.25, 0.3) is 0 Å². The van der Waals surface area contributed by atoms with Crippen molar-refractivity contribution in [2.45, 2.75) is 24.0 Å². The van der Waals surface area contributed by atoms with Gasteiger partial charge in [0, 0.05) is 19.2 Å². The molecule has 0 unspecified atom stereocenters. The van der Waals surface area contributed by atoms with Gasteiger partial charge >= 0.3 is 6.18 Å². The highest BCUT2D eigenvalue weighted by Gasteiger charge is 2.33. The van der Waals surface area contributed by atoms with Crippen LogP contribution in [0.4, 0.5) is 13.2 Å². The molecular weight excluding hydrogens is 359 g/mol. The largest absolute Gasteiger partial charge is 0.435 e. The van der Waals surface area contributed by atoms with E-state index in [1.807, 2.05) is 0 Å². The first kappa shape index (κ1) is 19.0. The summed E-state index contributed by atoms with van der Waals surface area (Å²) in [6, 6.07) is 8.60. The zero-order valence-corrected chi connectivity index (χ0v) is 13.8. The molecule has 2 rings (SSSR count). The number of nitrogens with zero attached hydrogens (tertiary/aromatic N) is 2. The summed E-state index contributed by atoms with van der Waals surface area (Å²) < 4.78 is 62.3. The molecule has 6 nitrogen and oxygen atoms in total. The zero-order valence-electron chi connectivity index (χ0n) is 13.0. The Labute approximate surface area is 142 Å². The van der Waals surface area contributed by atoms with E-state index in [0.29, 0.717) is 0 Å². The number of rotatable bonds is 7. The number of carbonyl (C=O) groups is 1. The van der Waals surface area contributed by atoms with E-state index < -0.39 is 27.6 Å². The van der Waals surface area contributed by atoms with E-state index in [2.05, 4.69) is 10.4 Å². The van der Waals surface area contributed by atoms with Gasteiger partial charge in [-0.3, -0.25) is 9.48 Å². The van der Waals surface area contributed by atoms with Crippen LogP contribution in [0, 0.1) is 0 Å². The molecule has 136 valence electrons. The molecule has 1 aromatic carbocycles. The highest BCUT2D eigenvalue weighted by molar-refractivity contribution is 7.91. The first-order chi connectivity index (χ1) is 11.7. The average Bonchev–Trinajstić information content (AvgIpc) is 3.03. The molecule has 25 heavy (non-hydrogen) atoms. The first-order valence-electron chi connectivity index (χ1n) is 7.34. The molecule has 0 aliphatic heterocycles. The van der Waals surface area contributed by atoms with Gasteiger partial charge in [0.15, 0.2) is 15.5 Å². The van der Waals surface area contributed by atoms with E-state index in [0.717, 1.165) is 16.9 Å². The van der Waals surface area contributed by atoms with Crippen molar-refractivity contribution in [2.24, 2.45) is 0 Å². The van der Waals surface area contributed by atoms with Crippen LogP contribution in [0.15, 0.2) is 47.5 Å². The van der Waals surface area contributed by atoms with E-state index in [4.69, 9.17) is 0 Å². The van der Waals surface area contributed by atoms with Crippen molar-refractivity contribution in [3.63, 3.8) is 0 Å². The minimum atomic E-state index is -4.51. The third-order valence-electron chi connectivity index (χ3n) is 3.29. The molecule has 0 atom stereocenters.